The molecule has 186 valence electrons. The van der Waals surface area contributed by atoms with Crippen LogP contribution < -0.4 is 21.7 Å². The molecule has 1 amide bonds. The Morgan fingerprint density at radius 3 is 2.76 bits per heavy atom. The SMILES string of the molecule is CCNC(=O)[C@H]1C[C@@H](Nc2nccc(NC(CC)Cc3sccc3Cl)c2N)[C@@H]2OC(C)(C)O[C@@H]21. The molecule has 10 heteroatoms. The van der Waals surface area contributed by atoms with Crippen LogP contribution in [-0.4, -0.2) is 47.5 Å². The lowest BCUT2D eigenvalue weighted by Crippen LogP contribution is -2.37. The second kappa shape index (κ2) is 10.3. The minimum absolute atomic E-state index is 0.0162. The van der Waals surface area contributed by atoms with Crippen LogP contribution in [0, 0.1) is 5.92 Å². The number of amides is 1. The summed E-state index contributed by atoms with van der Waals surface area (Å²) >= 11 is 7.96. The van der Waals surface area contributed by atoms with Crippen molar-refractivity contribution < 1.29 is 14.3 Å². The Labute approximate surface area is 209 Å². The molecular formula is C24H34ClN5O3S. The highest BCUT2D eigenvalue weighted by Crippen LogP contribution is 2.43. The van der Waals surface area contributed by atoms with E-state index in [0.29, 0.717) is 24.5 Å². The molecule has 0 spiro atoms. The van der Waals surface area contributed by atoms with Crippen LogP contribution in [-0.2, 0) is 20.7 Å². The molecule has 0 aromatic carbocycles. The molecule has 0 bridgehead atoms. The molecule has 5 N–H and O–H groups in total. The molecule has 1 aliphatic heterocycles. The molecule has 5 atom stereocenters. The molecule has 1 unspecified atom stereocenters. The Morgan fingerprint density at radius 1 is 1.32 bits per heavy atom. The van der Waals surface area contributed by atoms with Gasteiger partial charge in [0.15, 0.2) is 11.6 Å². The van der Waals surface area contributed by atoms with Crippen molar-refractivity contribution in [3.05, 3.63) is 33.6 Å². The summed E-state index contributed by atoms with van der Waals surface area (Å²) in [7, 11) is 0. The van der Waals surface area contributed by atoms with Gasteiger partial charge in [-0.2, -0.15) is 0 Å². The van der Waals surface area contributed by atoms with E-state index in [1.165, 1.54) is 0 Å². The summed E-state index contributed by atoms with van der Waals surface area (Å²) < 4.78 is 12.3. The normalized spacial score (nSPS) is 26.1. The predicted molar refractivity (Wildman–Crippen MR) is 137 cm³/mol. The topological polar surface area (TPSA) is 111 Å². The first kappa shape index (κ1) is 25.0. The van der Waals surface area contributed by atoms with E-state index in [1.54, 1.807) is 17.5 Å². The van der Waals surface area contributed by atoms with E-state index >= 15 is 0 Å². The zero-order valence-corrected chi connectivity index (χ0v) is 21.6. The third-order valence-electron chi connectivity index (χ3n) is 6.44. The molecular weight excluding hydrogens is 474 g/mol. The fraction of sp³-hybridized carbons (Fsp3) is 0.583. The standard InChI is InChI=1S/C24H34ClN5O3S/c1-5-13(11-18-15(25)8-10-34-18)29-16-7-9-28-22(19(16)26)30-17-12-14(23(31)27-6-2)20-21(17)33-24(3,4)32-20/h7-10,13-14,17,20-21H,5-6,11-12,26H2,1-4H3,(H,27,31)(H2,28,29,30)/t13?,14-,17+,20+,21-/m0/s1. The Hall–Kier alpha value is -2.07. The number of anilines is 3. The summed E-state index contributed by atoms with van der Waals surface area (Å²) in [5.41, 5.74) is 7.89. The second-order valence-corrected chi connectivity index (χ2v) is 10.7. The Morgan fingerprint density at radius 2 is 2.09 bits per heavy atom. The van der Waals surface area contributed by atoms with E-state index in [-0.39, 0.29) is 36.1 Å². The lowest BCUT2D eigenvalue weighted by atomic mass is 10.0. The first-order chi connectivity index (χ1) is 16.2. The van der Waals surface area contributed by atoms with E-state index in [1.807, 2.05) is 38.3 Å². The number of fused-ring (bicyclic) bond motifs is 1. The summed E-state index contributed by atoms with van der Waals surface area (Å²) in [6.07, 6.45) is 3.45. The van der Waals surface area contributed by atoms with Crippen molar-refractivity contribution in [2.24, 2.45) is 5.92 Å². The van der Waals surface area contributed by atoms with Crippen LogP contribution in [0.3, 0.4) is 0 Å². The number of nitrogens with two attached hydrogens (primary N) is 1. The van der Waals surface area contributed by atoms with Crippen molar-refractivity contribution >= 4 is 46.0 Å². The number of pyridine rings is 1. The van der Waals surface area contributed by atoms with Crippen LogP contribution in [0.5, 0.6) is 0 Å². The van der Waals surface area contributed by atoms with Crippen molar-refractivity contribution in [3.63, 3.8) is 0 Å². The van der Waals surface area contributed by atoms with Gasteiger partial charge in [0.25, 0.3) is 0 Å². The molecule has 34 heavy (non-hydrogen) atoms. The maximum Gasteiger partial charge on any atom is 0.225 e. The molecule has 2 fully saturated rings. The van der Waals surface area contributed by atoms with Crippen LogP contribution in [0.1, 0.15) is 45.4 Å². The Kier molecular flexibility index (Phi) is 7.57. The molecule has 2 aromatic rings. The minimum atomic E-state index is -0.750. The van der Waals surface area contributed by atoms with Gasteiger partial charge in [-0.05, 0) is 51.1 Å². The van der Waals surface area contributed by atoms with Gasteiger partial charge in [-0.25, -0.2) is 4.98 Å². The number of nitrogen functional groups attached to an aromatic ring is 1. The predicted octanol–water partition coefficient (Wildman–Crippen LogP) is 4.27. The van der Waals surface area contributed by atoms with Gasteiger partial charge in [0.05, 0.1) is 28.4 Å². The largest absolute Gasteiger partial charge is 0.394 e. The molecule has 2 aliphatic rings. The van der Waals surface area contributed by atoms with Crippen LogP contribution in [0.25, 0.3) is 0 Å². The van der Waals surface area contributed by atoms with E-state index in [0.717, 1.165) is 28.4 Å². The first-order valence-corrected chi connectivity index (χ1v) is 13.1. The highest BCUT2D eigenvalue weighted by Gasteiger charge is 2.56. The van der Waals surface area contributed by atoms with Gasteiger partial charge in [0, 0.05) is 30.1 Å². The molecule has 3 heterocycles. The maximum atomic E-state index is 12.7. The smallest absolute Gasteiger partial charge is 0.225 e. The minimum Gasteiger partial charge on any atom is -0.394 e. The molecule has 8 nitrogen and oxygen atoms in total. The van der Waals surface area contributed by atoms with Gasteiger partial charge in [-0.3, -0.25) is 4.79 Å². The van der Waals surface area contributed by atoms with Crippen molar-refractivity contribution in [1.29, 1.82) is 0 Å². The molecule has 4 rings (SSSR count). The van der Waals surface area contributed by atoms with E-state index < -0.39 is 5.79 Å². The van der Waals surface area contributed by atoms with Gasteiger partial charge in [-0.15, -0.1) is 11.3 Å². The van der Waals surface area contributed by atoms with Crippen LogP contribution in [0.15, 0.2) is 23.7 Å². The molecule has 1 aliphatic carbocycles. The first-order valence-electron chi connectivity index (χ1n) is 11.8. The summed E-state index contributed by atoms with van der Waals surface area (Å²) in [5, 5.41) is 12.7. The number of ether oxygens (including phenoxy) is 2. The number of halogens is 1. The number of hydrogen-bond acceptors (Lipinski definition) is 8. The fourth-order valence-electron chi connectivity index (χ4n) is 4.79. The quantitative estimate of drug-likeness (QED) is 0.401. The van der Waals surface area contributed by atoms with Gasteiger partial charge in [0.1, 0.15) is 12.2 Å². The zero-order valence-electron chi connectivity index (χ0n) is 20.1. The van der Waals surface area contributed by atoms with Gasteiger partial charge < -0.3 is 31.2 Å². The van der Waals surface area contributed by atoms with E-state index in [9.17, 15) is 4.79 Å². The highest BCUT2D eigenvalue weighted by atomic mass is 35.5. The fourth-order valence-corrected chi connectivity index (χ4v) is 5.98. The summed E-state index contributed by atoms with van der Waals surface area (Å²) in [6.45, 7) is 8.37. The Bertz CT molecular complexity index is 1020. The van der Waals surface area contributed by atoms with Gasteiger partial charge in [-0.1, -0.05) is 18.5 Å². The average molecular weight is 508 g/mol. The third-order valence-corrected chi connectivity index (χ3v) is 7.85. The zero-order chi connectivity index (χ0) is 24.5. The monoisotopic (exact) mass is 507 g/mol. The molecule has 2 aromatic heterocycles. The maximum absolute atomic E-state index is 12.7. The number of nitrogens with one attached hydrogen (secondary N) is 3. The van der Waals surface area contributed by atoms with Gasteiger partial charge >= 0.3 is 0 Å². The number of thiophene rings is 1. The number of aromatic nitrogens is 1. The van der Waals surface area contributed by atoms with Crippen molar-refractivity contribution in [2.45, 2.75) is 77.0 Å². The lowest BCUT2D eigenvalue weighted by Gasteiger charge is -2.25. The molecule has 1 saturated heterocycles. The van der Waals surface area contributed by atoms with Crippen LogP contribution >= 0.6 is 22.9 Å². The van der Waals surface area contributed by atoms with Crippen molar-refractivity contribution in [3.8, 4) is 0 Å². The van der Waals surface area contributed by atoms with Crippen molar-refractivity contribution in [2.75, 3.05) is 22.9 Å². The highest BCUT2D eigenvalue weighted by molar-refractivity contribution is 7.10. The lowest BCUT2D eigenvalue weighted by molar-refractivity contribution is -0.160. The van der Waals surface area contributed by atoms with Crippen LogP contribution in [0.2, 0.25) is 5.02 Å². The summed E-state index contributed by atoms with van der Waals surface area (Å²) in [6, 6.07) is 3.83. The number of carbonyl (C=O) groups is 1. The van der Waals surface area contributed by atoms with E-state index in [2.05, 4.69) is 27.9 Å². The third kappa shape index (κ3) is 5.27. The number of hydrogen-bond donors (Lipinski definition) is 4. The van der Waals surface area contributed by atoms with Gasteiger partial charge in [0.2, 0.25) is 5.91 Å². The van der Waals surface area contributed by atoms with Crippen LogP contribution in [0.4, 0.5) is 17.2 Å². The van der Waals surface area contributed by atoms with Crippen molar-refractivity contribution in [1.82, 2.24) is 10.3 Å². The van der Waals surface area contributed by atoms with E-state index in [4.69, 9.17) is 26.8 Å². The number of carbonyl (C=O) groups excluding carboxylic acids is 1. The molecule has 0 radical (unpaired) electrons. The number of nitrogens with zero attached hydrogens (tertiary/aromatic N) is 1. The number of rotatable bonds is 9. The average Bonchev–Trinajstić information content (AvgIpc) is 3.43. The Balaban J connectivity index is 1.50. The summed E-state index contributed by atoms with van der Waals surface area (Å²) in [5.74, 6) is -0.493. The summed E-state index contributed by atoms with van der Waals surface area (Å²) in [4.78, 5) is 18.3. The second-order valence-electron chi connectivity index (χ2n) is 9.32. The molecule has 1 saturated carbocycles.